The fourth-order valence-electron chi connectivity index (χ4n) is 1.53. The van der Waals surface area contributed by atoms with Crippen LogP contribution < -0.4 is 0 Å². The summed E-state index contributed by atoms with van der Waals surface area (Å²) in [5, 5.41) is 0. The first-order valence-corrected chi connectivity index (χ1v) is 6.98. The SMILES string of the molecule is CCCCOC(=O)CCC(=O)OCc1ccc(C)cc1. The van der Waals surface area contributed by atoms with E-state index in [2.05, 4.69) is 0 Å². The molecule has 4 nitrogen and oxygen atoms in total. The number of hydrogen-bond acceptors (Lipinski definition) is 4. The van der Waals surface area contributed by atoms with Gasteiger partial charge in [0.1, 0.15) is 6.61 Å². The van der Waals surface area contributed by atoms with Gasteiger partial charge >= 0.3 is 11.9 Å². The Morgan fingerprint density at radius 2 is 1.60 bits per heavy atom. The molecule has 0 saturated heterocycles. The van der Waals surface area contributed by atoms with Crippen LogP contribution in [0.1, 0.15) is 43.7 Å². The molecule has 0 bridgehead atoms. The number of benzene rings is 1. The minimum Gasteiger partial charge on any atom is -0.466 e. The van der Waals surface area contributed by atoms with Crippen molar-refractivity contribution in [3.8, 4) is 0 Å². The molecule has 1 aromatic rings. The highest BCUT2D eigenvalue weighted by Gasteiger charge is 2.09. The number of hydrogen-bond donors (Lipinski definition) is 0. The number of carbonyl (C=O) groups excluding carboxylic acids is 2. The Bertz CT molecular complexity index is 423. The predicted molar refractivity (Wildman–Crippen MR) is 76.1 cm³/mol. The van der Waals surface area contributed by atoms with E-state index in [4.69, 9.17) is 9.47 Å². The van der Waals surface area contributed by atoms with E-state index in [0.29, 0.717) is 6.61 Å². The van der Waals surface area contributed by atoms with Gasteiger partial charge in [0.2, 0.25) is 0 Å². The molecule has 0 fully saturated rings. The van der Waals surface area contributed by atoms with E-state index in [-0.39, 0.29) is 31.4 Å². The van der Waals surface area contributed by atoms with Crippen molar-refractivity contribution in [2.75, 3.05) is 6.61 Å². The van der Waals surface area contributed by atoms with Crippen molar-refractivity contribution < 1.29 is 19.1 Å². The summed E-state index contributed by atoms with van der Waals surface area (Å²) in [6.45, 7) is 4.69. The molecule has 20 heavy (non-hydrogen) atoms. The Balaban J connectivity index is 2.17. The lowest BCUT2D eigenvalue weighted by atomic mass is 10.2. The molecule has 0 N–H and O–H groups in total. The van der Waals surface area contributed by atoms with Crippen LogP contribution in [0.5, 0.6) is 0 Å². The van der Waals surface area contributed by atoms with Crippen LogP contribution >= 0.6 is 0 Å². The topological polar surface area (TPSA) is 52.6 Å². The van der Waals surface area contributed by atoms with Gasteiger partial charge < -0.3 is 9.47 Å². The Kier molecular flexibility index (Phi) is 7.40. The second kappa shape index (κ2) is 9.13. The van der Waals surface area contributed by atoms with Crippen molar-refractivity contribution in [3.63, 3.8) is 0 Å². The molecular weight excluding hydrogens is 256 g/mol. The number of esters is 2. The number of rotatable bonds is 8. The zero-order chi connectivity index (χ0) is 14.8. The highest BCUT2D eigenvalue weighted by molar-refractivity contribution is 5.77. The van der Waals surface area contributed by atoms with Crippen molar-refractivity contribution in [3.05, 3.63) is 35.4 Å². The summed E-state index contributed by atoms with van der Waals surface area (Å²) in [7, 11) is 0. The normalized spacial score (nSPS) is 10.1. The molecule has 0 saturated carbocycles. The van der Waals surface area contributed by atoms with E-state index >= 15 is 0 Å². The molecular formula is C16H22O4. The third-order valence-electron chi connectivity index (χ3n) is 2.81. The van der Waals surface area contributed by atoms with Gasteiger partial charge in [-0.15, -0.1) is 0 Å². The Morgan fingerprint density at radius 3 is 2.20 bits per heavy atom. The van der Waals surface area contributed by atoms with E-state index in [9.17, 15) is 9.59 Å². The highest BCUT2D eigenvalue weighted by Crippen LogP contribution is 2.06. The van der Waals surface area contributed by atoms with Crippen molar-refractivity contribution in [1.29, 1.82) is 0 Å². The van der Waals surface area contributed by atoms with Crippen molar-refractivity contribution >= 4 is 11.9 Å². The van der Waals surface area contributed by atoms with E-state index < -0.39 is 0 Å². The van der Waals surface area contributed by atoms with E-state index in [1.807, 2.05) is 38.1 Å². The molecule has 0 amide bonds. The van der Waals surface area contributed by atoms with Gasteiger partial charge in [-0.2, -0.15) is 0 Å². The summed E-state index contributed by atoms with van der Waals surface area (Å²) < 4.78 is 10.1. The van der Waals surface area contributed by atoms with Crippen LogP contribution in [0.3, 0.4) is 0 Å². The Morgan fingerprint density at radius 1 is 1.00 bits per heavy atom. The van der Waals surface area contributed by atoms with Crippen LogP contribution in [0.15, 0.2) is 24.3 Å². The molecule has 1 aromatic carbocycles. The molecule has 0 aliphatic rings. The van der Waals surface area contributed by atoms with Gasteiger partial charge in [-0.25, -0.2) is 0 Å². The molecule has 0 aliphatic carbocycles. The third-order valence-corrected chi connectivity index (χ3v) is 2.81. The largest absolute Gasteiger partial charge is 0.466 e. The van der Waals surface area contributed by atoms with Crippen LogP contribution in [0, 0.1) is 6.92 Å². The Hall–Kier alpha value is -1.84. The lowest BCUT2D eigenvalue weighted by Crippen LogP contribution is -2.10. The lowest BCUT2D eigenvalue weighted by molar-refractivity contribution is -0.151. The van der Waals surface area contributed by atoms with Gasteiger partial charge in [0.25, 0.3) is 0 Å². The fraction of sp³-hybridized carbons (Fsp3) is 0.500. The average molecular weight is 278 g/mol. The number of ether oxygens (including phenoxy) is 2. The quantitative estimate of drug-likeness (QED) is 0.541. The zero-order valence-electron chi connectivity index (χ0n) is 12.2. The standard InChI is InChI=1S/C16H22O4/c1-3-4-11-19-15(17)9-10-16(18)20-12-14-7-5-13(2)6-8-14/h5-8H,3-4,9-12H2,1-2H3. The van der Waals surface area contributed by atoms with Gasteiger partial charge in [0, 0.05) is 0 Å². The molecule has 0 heterocycles. The maximum atomic E-state index is 11.5. The minimum atomic E-state index is -0.377. The maximum Gasteiger partial charge on any atom is 0.306 e. The summed E-state index contributed by atoms with van der Waals surface area (Å²) in [5.74, 6) is -0.719. The lowest BCUT2D eigenvalue weighted by Gasteiger charge is -2.06. The van der Waals surface area contributed by atoms with Crippen LogP contribution in [-0.4, -0.2) is 18.5 Å². The summed E-state index contributed by atoms with van der Waals surface area (Å²) in [6, 6.07) is 7.77. The van der Waals surface area contributed by atoms with Gasteiger partial charge in [-0.05, 0) is 18.9 Å². The van der Waals surface area contributed by atoms with Gasteiger partial charge in [-0.1, -0.05) is 43.2 Å². The first kappa shape index (κ1) is 16.2. The molecule has 4 heteroatoms. The second-order valence-corrected chi connectivity index (χ2v) is 4.72. The van der Waals surface area contributed by atoms with Crippen molar-refractivity contribution in [2.24, 2.45) is 0 Å². The molecule has 0 spiro atoms. The second-order valence-electron chi connectivity index (χ2n) is 4.72. The molecule has 0 aliphatic heterocycles. The zero-order valence-corrected chi connectivity index (χ0v) is 12.2. The fourth-order valence-corrected chi connectivity index (χ4v) is 1.53. The summed E-state index contributed by atoms with van der Waals surface area (Å²) in [4.78, 5) is 22.8. The predicted octanol–water partition coefficient (Wildman–Crippen LogP) is 3.16. The molecule has 1 rings (SSSR count). The van der Waals surface area contributed by atoms with Crippen LogP contribution in [-0.2, 0) is 25.7 Å². The number of aryl methyl sites for hydroxylation is 1. The summed E-state index contributed by atoms with van der Waals surface area (Å²) >= 11 is 0. The molecule has 0 radical (unpaired) electrons. The van der Waals surface area contributed by atoms with E-state index in [1.54, 1.807) is 0 Å². The van der Waals surface area contributed by atoms with Crippen molar-refractivity contribution in [1.82, 2.24) is 0 Å². The smallest absolute Gasteiger partial charge is 0.306 e. The first-order chi connectivity index (χ1) is 9.61. The van der Waals surface area contributed by atoms with E-state index in [0.717, 1.165) is 24.0 Å². The van der Waals surface area contributed by atoms with E-state index in [1.165, 1.54) is 0 Å². The minimum absolute atomic E-state index is 0.0663. The average Bonchev–Trinajstić information content (AvgIpc) is 2.45. The number of carbonyl (C=O) groups is 2. The highest BCUT2D eigenvalue weighted by atomic mass is 16.5. The molecule has 0 atom stereocenters. The summed E-state index contributed by atoms with van der Waals surface area (Å²) in [6.07, 6.45) is 1.97. The first-order valence-electron chi connectivity index (χ1n) is 6.98. The molecule has 0 unspecified atom stereocenters. The van der Waals surface area contributed by atoms with Crippen LogP contribution in [0.25, 0.3) is 0 Å². The maximum absolute atomic E-state index is 11.5. The van der Waals surface area contributed by atoms with Crippen LogP contribution in [0.4, 0.5) is 0 Å². The van der Waals surface area contributed by atoms with Gasteiger partial charge in [0.15, 0.2) is 0 Å². The number of unbranched alkanes of at least 4 members (excludes halogenated alkanes) is 1. The van der Waals surface area contributed by atoms with Crippen molar-refractivity contribution in [2.45, 2.75) is 46.1 Å². The van der Waals surface area contributed by atoms with Gasteiger partial charge in [-0.3, -0.25) is 9.59 Å². The van der Waals surface area contributed by atoms with Crippen LogP contribution in [0.2, 0.25) is 0 Å². The third kappa shape index (κ3) is 6.92. The molecule has 110 valence electrons. The monoisotopic (exact) mass is 278 g/mol. The Labute approximate surface area is 120 Å². The molecule has 0 aromatic heterocycles. The summed E-state index contributed by atoms with van der Waals surface area (Å²) in [5.41, 5.74) is 2.10. The van der Waals surface area contributed by atoms with Gasteiger partial charge in [0.05, 0.1) is 19.4 Å².